The van der Waals surface area contributed by atoms with Gasteiger partial charge in [-0.15, -0.1) is 11.3 Å². The Morgan fingerprint density at radius 3 is 2.60 bits per heavy atom. The summed E-state index contributed by atoms with van der Waals surface area (Å²) in [6.45, 7) is 4.22. The van der Waals surface area contributed by atoms with Crippen LogP contribution in [0.1, 0.15) is 28.8 Å². The number of aryl methyl sites for hydroxylation is 2. The van der Waals surface area contributed by atoms with Crippen molar-refractivity contribution in [2.24, 2.45) is 0 Å². The molecule has 0 amide bonds. The Morgan fingerprint density at radius 2 is 1.90 bits per heavy atom. The van der Waals surface area contributed by atoms with Gasteiger partial charge in [0.2, 0.25) is 0 Å². The zero-order valence-corrected chi connectivity index (χ0v) is 13.1. The van der Waals surface area contributed by atoms with E-state index in [1.807, 2.05) is 0 Å². The summed E-state index contributed by atoms with van der Waals surface area (Å²) in [6.07, 6.45) is 1.72. The smallest absolute Gasteiger partial charge is 0.141 e. The van der Waals surface area contributed by atoms with Crippen LogP contribution in [0.3, 0.4) is 0 Å². The average molecular weight is 303 g/mol. The summed E-state index contributed by atoms with van der Waals surface area (Å²) in [5.74, 6) is 0.788. The van der Waals surface area contributed by atoms with Crippen molar-refractivity contribution in [3.05, 3.63) is 57.3 Å². The van der Waals surface area contributed by atoms with Crippen LogP contribution in [0.4, 0.5) is 0 Å². The molecule has 0 spiro atoms. The lowest BCUT2D eigenvalue weighted by atomic mass is 10.1. The maximum Gasteiger partial charge on any atom is 0.141 e. The summed E-state index contributed by atoms with van der Waals surface area (Å²) in [5, 5.41) is 1.54. The normalized spacial score (nSPS) is 11.2. The molecule has 0 fully saturated rings. The highest BCUT2D eigenvalue weighted by molar-refractivity contribution is 7.18. The Kier molecular flexibility index (Phi) is 3.72. The molecule has 0 bridgehead atoms. The molecule has 0 N–H and O–H groups in total. The molecular weight excluding hydrogens is 288 g/mol. The molecule has 2 nitrogen and oxygen atoms in total. The van der Waals surface area contributed by atoms with Crippen molar-refractivity contribution in [2.45, 2.75) is 26.7 Å². The van der Waals surface area contributed by atoms with Crippen LogP contribution >= 0.6 is 22.9 Å². The Bertz CT molecular complexity index is 747. The molecule has 102 valence electrons. The van der Waals surface area contributed by atoms with Crippen LogP contribution in [0.2, 0.25) is 5.15 Å². The van der Waals surface area contributed by atoms with E-state index >= 15 is 0 Å². The summed E-state index contributed by atoms with van der Waals surface area (Å²) in [5.41, 5.74) is 2.47. The van der Waals surface area contributed by atoms with Crippen molar-refractivity contribution in [1.82, 2.24) is 9.97 Å². The first-order valence-corrected chi connectivity index (χ1v) is 7.85. The summed E-state index contributed by atoms with van der Waals surface area (Å²) in [4.78, 5) is 11.4. The monoisotopic (exact) mass is 302 g/mol. The van der Waals surface area contributed by atoms with Crippen LogP contribution in [0.25, 0.3) is 10.2 Å². The Morgan fingerprint density at radius 1 is 1.15 bits per heavy atom. The van der Waals surface area contributed by atoms with Crippen LogP contribution in [-0.4, -0.2) is 9.97 Å². The number of hydrogen-bond donors (Lipinski definition) is 0. The number of thiophene rings is 1. The highest BCUT2D eigenvalue weighted by Gasteiger charge is 2.10. The summed E-state index contributed by atoms with van der Waals surface area (Å²) < 4.78 is 0. The van der Waals surface area contributed by atoms with Crippen molar-refractivity contribution in [3.63, 3.8) is 0 Å². The molecule has 4 heteroatoms. The van der Waals surface area contributed by atoms with E-state index in [1.54, 1.807) is 11.3 Å². The van der Waals surface area contributed by atoms with Gasteiger partial charge in [0, 0.05) is 16.7 Å². The molecule has 0 saturated heterocycles. The van der Waals surface area contributed by atoms with E-state index in [0.29, 0.717) is 5.15 Å². The van der Waals surface area contributed by atoms with Crippen molar-refractivity contribution >= 4 is 33.2 Å². The van der Waals surface area contributed by atoms with Crippen molar-refractivity contribution in [1.29, 1.82) is 0 Å². The maximum absolute atomic E-state index is 6.28. The highest BCUT2D eigenvalue weighted by Crippen LogP contribution is 2.29. The number of aromatic nitrogens is 2. The minimum absolute atomic E-state index is 0.563. The fourth-order valence-electron chi connectivity index (χ4n) is 2.12. The molecule has 0 aliphatic heterocycles. The third-order valence-corrected chi connectivity index (χ3v) is 4.74. The van der Waals surface area contributed by atoms with Gasteiger partial charge in [-0.1, -0.05) is 48.4 Å². The van der Waals surface area contributed by atoms with Gasteiger partial charge in [-0.3, -0.25) is 0 Å². The van der Waals surface area contributed by atoms with Gasteiger partial charge in [-0.2, -0.15) is 0 Å². The van der Waals surface area contributed by atoms with E-state index in [1.165, 1.54) is 16.0 Å². The molecule has 20 heavy (non-hydrogen) atoms. The molecule has 0 atom stereocenters. The van der Waals surface area contributed by atoms with E-state index in [2.05, 4.69) is 54.1 Å². The van der Waals surface area contributed by atoms with Crippen LogP contribution in [0, 0.1) is 6.92 Å². The number of hydrogen-bond acceptors (Lipinski definition) is 3. The quantitative estimate of drug-likeness (QED) is 0.649. The molecule has 0 aliphatic carbocycles. The fourth-order valence-corrected chi connectivity index (χ4v) is 3.40. The molecule has 2 aromatic heterocycles. The second-order valence-electron chi connectivity index (χ2n) is 4.88. The molecule has 0 radical (unpaired) electrons. The molecule has 0 saturated carbocycles. The molecule has 1 aromatic carbocycles. The van der Waals surface area contributed by atoms with Gasteiger partial charge in [0.25, 0.3) is 0 Å². The van der Waals surface area contributed by atoms with E-state index in [4.69, 9.17) is 11.6 Å². The largest absolute Gasteiger partial charge is 0.222 e. The predicted molar refractivity (Wildman–Crippen MR) is 85.8 cm³/mol. The van der Waals surface area contributed by atoms with Gasteiger partial charge in [-0.05, 0) is 25.0 Å². The predicted octanol–water partition coefficient (Wildman–Crippen LogP) is 4.81. The van der Waals surface area contributed by atoms with E-state index in [0.717, 1.165) is 28.9 Å². The summed E-state index contributed by atoms with van der Waals surface area (Å²) >= 11 is 7.98. The minimum Gasteiger partial charge on any atom is -0.222 e. The van der Waals surface area contributed by atoms with Crippen LogP contribution in [0.15, 0.2) is 30.3 Å². The molecule has 2 heterocycles. The topological polar surface area (TPSA) is 25.8 Å². The molecule has 0 aliphatic rings. The van der Waals surface area contributed by atoms with Gasteiger partial charge in [0.1, 0.15) is 15.8 Å². The maximum atomic E-state index is 6.28. The number of rotatable bonds is 3. The highest BCUT2D eigenvalue weighted by atomic mass is 35.5. The molecule has 3 aromatic rings. The standard InChI is InChI=1S/C16H15ClN2S/c1-3-12-9-13-15(17)18-14(19-16(13)20-12)8-11-6-4-10(2)5-7-11/h4-7,9H,3,8H2,1-2H3. The van der Waals surface area contributed by atoms with Gasteiger partial charge < -0.3 is 0 Å². The molecule has 0 unspecified atom stereocenters. The first-order chi connectivity index (χ1) is 9.65. The molecule has 3 rings (SSSR count). The SMILES string of the molecule is CCc1cc2c(Cl)nc(Cc3ccc(C)cc3)nc2s1. The van der Waals surface area contributed by atoms with Crippen molar-refractivity contribution in [2.75, 3.05) is 0 Å². The number of halogens is 1. The lowest BCUT2D eigenvalue weighted by molar-refractivity contribution is 0.996. The first-order valence-electron chi connectivity index (χ1n) is 6.66. The van der Waals surface area contributed by atoms with Crippen molar-refractivity contribution in [3.8, 4) is 0 Å². The number of fused-ring (bicyclic) bond motifs is 1. The Hall–Kier alpha value is -1.45. The lowest BCUT2D eigenvalue weighted by Crippen LogP contribution is -1.96. The third kappa shape index (κ3) is 2.69. The van der Waals surface area contributed by atoms with Gasteiger partial charge in [0.05, 0.1) is 0 Å². The number of nitrogens with zero attached hydrogens (tertiary/aromatic N) is 2. The van der Waals surface area contributed by atoms with E-state index in [-0.39, 0.29) is 0 Å². The average Bonchev–Trinajstić information content (AvgIpc) is 2.85. The van der Waals surface area contributed by atoms with Crippen molar-refractivity contribution < 1.29 is 0 Å². The van der Waals surface area contributed by atoms with Gasteiger partial charge in [-0.25, -0.2) is 9.97 Å². The van der Waals surface area contributed by atoms with E-state index < -0.39 is 0 Å². The number of benzene rings is 1. The van der Waals surface area contributed by atoms with Gasteiger partial charge in [0.15, 0.2) is 0 Å². The second-order valence-corrected chi connectivity index (χ2v) is 6.35. The van der Waals surface area contributed by atoms with Gasteiger partial charge >= 0.3 is 0 Å². The van der Waals surface area contributed by atoms with Crippen LogP contribution < -0.4 is 0 Å². The van der Waals surface area contributed by atoms with Crippen LogP contribution in [0.5, 0.6) is 0 Å². The second kappa shape index (κ2) is 5.51. The van der Waals surface area contributed by atoms with E-state index in [9.17, 15) is 0 Å². The molecular formula is C16H15ClN2S. The Labute approximate surface area is 127 Å². The van der Waals surface area contributed by atoms with Crippen LogP contribution in [-0.2, 0) is 12.8 Å². The lowest BCUT2D eigenvalue weighted by Gasteiger charge is -2.02. The summed E-state index contributed by atoms with van der Waals surface area (Å²) in [6, 6.07) is 10.5. The first kappa shape index (κ1) is 13.5. The minimum atomic E-state index is 0.563. The summed E-state index contributed by atoms with van der Waals surface area (Å²) in [7, 11) is 0. The third-order valence-electron chi connectivity index (χ3n) is 3.27. The Balaban J connectivity index is 1.97. The zero-order chi connectivity index (χ0) is 14.1. The zero-order valence-electron chi connectivity index (χ0n) is 11.5. The fraction of sp³-hybridized carbons (Fsp3) is 0.250.